The highest BCUT2D eigenvalue weighted by atomic mass is 35.5. The number of hydrogen-bond acceptors (Lipinski definition) is 5. The van der Waals surface area contributed by atoms with Crippen molar-refractivity contribution >= 4 is 29.2 Å². The number of aromatic hydroxyl groups is 1. The molecule has 8 nitrogen and oxygen atoms in total. The molecule has 2 saturated carbocycles. The first-order chi connectivity index (χ1) is 16.6. The Morgan fingerprint density at radius 2 is 1.97 bits per heavy atom. The van der Waals surface area contributed by atoms with E-state index in [-0.39, 0.29) is 53.2 Å². The maximum Gasteiger partial charge on any atom is 0.274 e. The Morgan fingerprint density at radius 3 is 2.63 bits per heavy atom. The zero-order valence-electron chi connectivity index (χ0n) is 19.4. The van der Waals surface area contributed by atoms with E-state index in [0.717, 1.165) is 12.8 Å². The molecule has 0 radical (unpaired) electrons. The molecule has 184 valence electrons. The third-order valence-corrected chi connectivity index (χ3v) is 7.59. The second kappa shape index (κ2) is 8.19. The Labute approximate surface area is 205 Å². The normalized spacial score (nSPS) is 22.8. The van der Waals surface area contributed by atoms with Gasteiger partial charge in [-0.25, -0.2) is 4.39 Å². The largest absolute Gasteiger partial charge is 0.503 e. The molecule has 2 aromatic rings. The summed E-state index contributed by atoms with van der Waals surface area (Å²) in [5, 5.41) is 10.8. The van der Waals surface area contributed by atoms with Crippen molar-refractivity contribution in [3.63, 3.8) is 0 Å². The first kappa shape index (κ1) is 23.5. The smallest absolute Gasteiger partial charge is 0.274 e. The Kier molecular flexibility index (Phi) is 5.51. The number of hydrogen-bond donors (Lipinski definition) is 1. The summed E-state index contributed by atoms with van der Waals surface area (Å²) in [7, 11) is 3.30. The average molecular weight is 502 g/mol. The summed E-state index contributed by atoms with van der Waals surface area (Å²) >= 11 is 5.81. The van der Waals surface area contributed by atoms with E-state index in [1.54, 1.807) is 25.1 Å². The molecule has 1 aromatic carbocycles. The van der Waals surface area contributed by atoms with Gasteiger partial charge in [0.1, 0.15) is 5.82 Å². The summed E-state index contributed by atoms with van der Waals surface area (Å²) in [6.45, 7) is 0.275. The van der Waals surface area contributed by atoms with E-state index in [0.29, 0.717) is 6.42 Å². The molecule has 0 saturated heterocycles. The predicted octanol–water partition coefficient (Wildman–Crippen LogP) is 2.58. The van der Waals surface area contributed by atoms with E-state index in [1.807, 2.05) is 0 Å². The van der Waals surface area contributed by atoms with Gasteiger partial charge in [-0.15, -0.1) is 0 Å². The summed E-state index contributed by atoms with van der Waals surface area (Å²) in [5.74, 6) is -3.05. The summed E-state index contributed by atoms with van der Waals surface area (Å²) in [6, 6.07) is 4.50. The number of Topliss-reactive ketones (excluding diaryl/α,β-unsaturated/α-hetero) is 1. The maximum atomic E-state index is 14.2. The minimum Gasteiger partial charge on any atom is -0.503 e. The number of ketones is 1. The van der Waals surface area contributed by atoms with Crippen LogP contribution in [0, 0.1) is 11.7 Å². The molecular formula is C25H25ClFN3O5. The third kappa shape index (κ3) is 3.73. The molecule has 1 aromatic heterocycles. The van der Waals surface area contributed by atoms with Crippen LogP contribution in [0.1, 0.15) is 52.1 Å². The lowest BCUT2D eigenvalue weighted by Gasteiger charge is -2.38. The molecule has 2 aliphatic carbocycles. The first-order valence-corrected chi connectivity index (χ1v) is 11.9. The van der Waals surface area contributed by atoms with Crippen molar-refractivity contribution in [2.75, 3.05) is 20.6 Å². The molecule has 2 heterocycles. The SMILES string of the molecule is CN(C)C(=O)[C@H]1C[C@@]12CN(C1CC1)C(=O)c1c(O)c(=O)c(C(=O)CCc3cccc(Cl)c3F)cn12. The molecule has 2 amide bonds. The Bertz CT molecular complexity index is 1340. The minimum absolute atomic E-state index is 0.00838. The number of halogens is 2. The van der Waals surface area contributed by atoms with Gasteiger partial charge in [0, 0.05) is 39.3 Å². The number of carbonyl (C=O) groups is 3. The van der Waals surface area contributed by atoms with E-state index < -0.39 is 40.1 Å². The molecular weight excluding hydrogens is 477 g/mol. The molecule has 0 unspecified atom stereocenters. The van der Waals surface area contributed by atoms with Gasteiger partial charge < -0.3 is 19.5 Å². The van der Waals surface area contributed by atoms with Gasteiger partial charge in [-0.1, -0.05) is 23.7 Å². The van der Waals surface area contributed by atoms with Gasteiger partial charge in [0.05, 0.1) is 22.0 Å². The molecule has 0 bridgehead atoms. The maximum absolute atomic E-state index is 14.2. The standard InChI is InChI=1S/C25H25ClFN3O5/c1-28(2)23(34)16-10-25(16)12-29(14-7-8-14)24(35)20-22(33)21(32)15(11-30(20)25)18(31)9-6-13-4-3-5-17(26)19(13)27/h3-5,11,14,16,33H,6-10,12H2,1-2H3/t16-,25-/m1/s1. The van der Waals surface area contributed by atoms with Crippen LogP contribution in [0.25, 0.3) is 0 Å². The van der Waals surface area contributed by atoms with Crippen LogP contribution < -0.4 is 5.43 Å². The number of benzene rings is 1. The van der Waals surface area contributed by atoms with Crippen LogP contribution in [0.4, 0.5) is 4.39 Å². The van der Waals surface area contributed by atoms with Gasteiger partial charge in [0.15, 0.2) is 17.2 Å². The number of aryl methyl sites for hydroxylation is 1. The van der Waals surface area contributed by atoms with Crippen molar-refractivity contribution in [3.8, 4) is 5.75 Å². The van der Waals surface area contributed by atoms with E-state index in [1.165, 1.54) is 27.8 Å². The van der Waals surface area contributed by atoms with Crippen LogP contribution in [-0.2, 0) is 16.8 Å². The van der Waals surface area contributed by atoms with Crippen LogP contribution in [0.2, 0.25) is 5.02 Å². The van der Waals surface area contributed by atoms with E-state index in [2.05, 4.69) is 0 Å². The highest BCUT2D eigenvalue weighted by Gasteiger charge is 2.65. The lowest BCUT2D eigenvalue weighted by Crippen LogP contribution is -2.51. The van der Waals surface area contributed by atoms with Crippen molar-refractivity contribution in [3.05, 3.63) is 62.3 Å². The Morgan fingerprint density at radius 1 is 1.26 bits per heavy atom. The number of fused-ring (bicyclic) bond motifs is 2. The molecule has 1 aliphatic heterocycles. The monoisotopic (exact) mass is 501 g/mol. The summed E-state index contributed by atoms with van der Waals surface area (Å²) < 4.78 is 15.7. The number of rotatable bonds is 6. The average Bonchev–Trinajstić information content (AvgIpc) is 3.74. The fraction of sp³-hybridized carbons (Fsp3) is 0.440. The fourth-order valence-electron chi connectivity index (χ4n) is 5.10. The van der Waals surface area contributed by atoms with Gasteiger partial charge >= 0.3 is 0 Å². The molecule has 35 heavy (non-hydrogen) atoms. The van der Waals surface area contributed by atoms with Gasteiger partial charge in [0.25, 0.3) is 5.91 Å². The van der Waals surface area contributed by atoms with Gasteiger partial charge in [0.2, 0.25) is 11.3 Å². The zero-order chi connectivity index (χ0) is 25.2. The topological polar surface area (TPSA) is 99.9 Å². The predicted molar refractivity (Wildman–Crippen MR) is 125 cm³/mol. The first-order valence-electron chi connectivity index (χ1n) is 11.5. The number of amides is 2. The number of carbonyl (C=O) groups excluding carboxylic acids is 3. The number of nitrogens with zero attached hydrogens (tertiary/aromatic N) is 3. The van der Waals surface area contributed by atoms with Crippen molar-refractivity contribution in [2.45, 2.75) is 43.7 Å². The highest BCUT2D eigenvalue weighted by Crippen LogP contribution is 2.55. The summed E-state index contributed by atoms with van der Waals surface area (Å²) in [4.78, 5) is 55.2. The van der Waals surface area contributed by atoms with Crippen molar-refractivity contribution in [2.24, 2.45) is 5.92 Å². The fourth-order valence-corrected chi connectivity index (χ4v) is 5.30. The molecule has 1 spiro atoms. The minimum atomic E-state index is -0.940. The van der Waals surface area contributed by atoms with Gasteiger partial charge in [-0.2, -0.15) is 0 Å². The molecule has 1 N–H and O–H groups in total. The molecule has 2 fully saturated rings. The third-order valence-electron chi connectivity index (χ3n) is 7.30. The van der Waals surface area contributed by atoms with E-state index in [4.69, 9.17) is 11.6 Å². The van der Waals surface area contributed by atoms with Crippen LogP contribution in [0.3, 0.4) is 0 Å². The summed E-state index contributed by atoms with van der Waals surface area (Å²) in [6.07, 6.45) is 3.21. The van der Waals surface area contributed by atoms with Crippen LogP contribution in [0.5, 0.6) is 5.75 Å². The van der Waals surface area contributed by atoms with Crippen LogP contribution in [0.15, 0.2) is 29.2 Å². The van der Waals surface area contributed by atoms with Gasteiger partial charge in [-0.05, 0) is 37.3 Å². The van der Waals surface area contributed by atoms with Crippen LogP contribution >= 0.6 is 11.6 Å². The number of pyridine rings is 1. The summed E-state index contributed by atoms with van der Waals surface area (Å²) in [5.41, 5.74) is -2.00. The zero-order valence-corrected chi connectivity index (χ0v) is 20.1. The van der Waals surface area contributed by atoms with Crippen molar-refractivity contribution in [1.29, 1.82) is 0 Å². The molecule has 2 atom stereocenters. The Hall–Kier alpha value is -3.20. The second-order valence-corrected chi connectivity index (χ2v) is 10.2. The van der Waals surface area contributed by atoms with Crippen molar-refractivity contribution < 1.29 is 23.9 Å². The second-order valence-electron chi connectivity index (χ2n) is 9.83. The van der Waals surface area contributed by atoms with Crippen LogP contribution in [-0.4, -0.2) is 63.8 Å². The lowest BCUT2D eigenvalue weighted by molar-refractivity contribution is -0.131. The molecule has 10 heteroatoms. The van der Waals surface area contributed by atoms with Gasteiger partial charge in [-0.3, -0.25) is 19.2 Å². The number of aromatic nitrogens is 1. The van der Waals surface area contributed by atoms with Crippen molar-refractivity contribution in [1.82, 2.24) is 14.4 Å². The van der Waals surface area contributed by atoms with E-state index in [9.17, 15) is 28.7 Å². The quantitative estimate of drug-likeness (QED) is 0.613. The molecule has 5 rings (SSSR count). The molecule has 3 aliphatic rings. The lowest BCUT2D eigenvalue weighted by atomic mass is 9.99. The Balaban J connectivity index is 1.53. The highest BCUT2D eigenvalue weighted by molar-refractivity contribution is 6.30. The van der Waals surface area contributed by atoms with E-state index >= 15 is 0 Å².